The fraction of sp³-hybridized carbons (Fsp3) is 0.625. The van der Waals surface area contributed by atoms with Gasteiger partial charge < -0.3 is 9.47 Å². The van der Waals surface area contributed by atoms with Gasteiger partial charge >= 0.3 is 0 Å². The molecule has 2 rings (SSSR count). The lowest BCUT2D eigenvalue weighted by molar-refractivity contribution is 0.353. The zero-order chi connectivity index (χ0) is 14.6. The van der Waals surface area contributed by atoms with Gasteiger partial charge in [0.2, 0.25) is 0 Å². The predicted octanol–water partition coefficient (Wildman–Crippen LogP) is 4.62. The monoisotopic (exact) mass is 314 g/mol. The maximum Gasteiger partial charge on any atom is 0.161 e. The van der Waals surface area contributed by atoms with E-state index in [1.54, 1.807) is 14.2 Å². The highest BCUT2D eigenvalue weighted by molar-refractivity contribution is 8.00. The Bertz CT molecular complexity index is 464. The normalized spacial score (nSPS) is 21.4. The number of benzene rings is 1. The summed E-state index contributed by atoms with van der Waals surface area (Å²) in [4.78, 5) is 0. The van der Waals surface area contributed by atoms with E-state index in [4.69, 9.17) is 21.1 Å². The number of hydrogen-bond donors (Lipinski definition) is 0. The Morgan fingerprint density at radius 1 is 1.20 bits per heavy atom. The maximum absolute atomic E-state index is 5.81. The van der Waals surface area contributed by atoms with E-state index < -0.39 is 0 Å². The van der Waals surface area contributed by atoms with E-state index >= 15 is 0 Å². The number of alkyl halides is 1. The third kappa shape index (κ3) is 3.20. The SMILES string of the molecule is COc1cc2c(cc1OC)C(C)(CCCCCl)SCC2. The number of aryl methyl sites for hydroxylation is 1. The highest BCUT2D eigenvalue weighted by Gasteiger charge is 2.33. The molecule has 20 heavy (non-hydrogen) atoms. The van der Waals surface area contributed by atoms with Crippen LogP contribution in [0.15, 0.2) is 12.1 Å². The Kier molecular flexibility index (Phi) is 5.50. The van der Waals surface area contributed by atoms with Crippen LogP contribution >= 0.6 is 23.4 Å². The average Bonchev–Trinajstić information content (AvgIpc) is 2.46. The molecular formula is C16H23ClO2S. The number of thioether (sulfide) groups is 1. The van der Waals surface area contributed by atoms with Crippen LogP contribution in [0.1, 0.15) is 37.3 Å². The predicted molar refractivity (Wildman–Crippen MR) is 87.6 cm³/mol. The first kappa shape index (κ1) is 15.8. The fourth-order valence-corrected chi connectivity index (χ4v) is 4.44. The van der Waals surface area contributed by atoms with Crippen molar-refractivity contribution in [1.82, 2.24) is 0 Å². The van der Waals surface area contributed by atoms with Gasteiger partial charge in [0.1, 0.15) is 0 Å². The lowest BCUT2D eigenvalue weighted by Gasteiger charge is -2.36. The molecular weight excluding hydrogens is 292 g/mol. The molecule has 0 amide bonds. The molecule has 1 aromatic carbocycles. The second-order valence-electron chi connectivity index (χ2n) is 5.34. The standard InChI is InChI=1S/C16H23ClO2S/c1-16(7-4-5-8-17)13-11-15(19-3)14(18-2)10-12(13)6-9-20-16/h10-11H,4-9H2,1-3H3. The number of rotatable bonds is 6. The molecule has 0 N–H and O–H groups in total. The van der Waals surface area contributed by atoms with Gasteiger partial charge in [-0.15, -0.1) is 11.6 Å². The van der Waals surface area contributed by atoms with Crippen molar-refractivity contribution in [3.05, 3.63) is 23.3 Å². The number of fused-ring (bicyclic) bond motifs is 1. The summed E-state index contributed by atoms with van der Waals surface area (Å²) in [5, 5.41) is 0. The van der Waals surface area contributed by atoms with Crippen LogP contribution in [-0.2, 0) is 11.2 Å². The smallest absolute Gasteiger partial charge is 0.161 e. The molecule has 1 aliphatic rings. The van der Waals surface area contributed by atoms with Gasteiger partial charge in [0.15, 0.2) is 11.5 Å². The van der Waals surface area contributed by atoms with E-state index in [-0.39, 0.29) is 4.75 Å². The van der Waals surface area contributed by atoms with Crippen LogP contribution in [0.3, 0.4) is 0 Å². The van der Waals surface area contributed by atoms with Crippen molar-refractivity contribution in [3.8, 4) is 11.5 Å². The molecule has 0 saturated carbocycles. The molecule has 1 aliphatic heterocycles. The van der Waals surface area contributed by atoms with E-state index in [2.05, 4.69) is 30.8 Å². The summed E-state index contributed by atoms with van der Waals surface area (Å²) >= 11 is 7.86. The second-order valence-corrected chi connectivity index (χ2v) is 7.32. The largest absolute Gasteiger partial charge is 0.493 e. The van der Waals surface area contributed by atoms with Crippen molar-refractivity contribution in [2.45, 2.75) is 37.4 Å². The van der Waals surface area contributed by atoms with Gasteiger partial charge in [-0.25, -0.2) is 0 Å². The van der Waals surface area contributed by atoms with E-state index in [1.807, 2.05) is 0 Å². The highest BCUT2D eigenvalue weighted by atomic mass is 35.5. The molecule has 112 valence electrons. The van der Waals surface area contributed by atoms with Crippen LogP contribution in [0.2, 0.25) is 0 Å². The summed E-state index contributed by atoms with van der Waals surface area (Å²) in [5.41, 5.74) is 2.80. The molecule has 0 fully saturated rings. The number of hydrogen-bond acceptors (Lipinski definition) is 3. The van der Waals surface area contributed by atoms with Gasteiger partial charge in [-0.3, -0.25) is 0 Å². The van der Waals surface area contributed by atoms with Gasteiger partial charge in [0, 0.05) is 10.6 Å². The van der Waals surface area contributed by atoms with Gasteiger partial charge in [0.25, 0.3) is 0 Å². The average molecular weight is 315 g/mol. The molecule has 0 bridgehead atoms. The fourth-order valence-electron chi connectivity index (χ4n) is 2.85. The van der Waals surface area contributed by atoms with E-state index in [1.165, 1.54) is 23.3 Å². The first-order valence-corrected chi connectivity index (χ1v) is 8.62. The van der Waals surface area contributed by atoms with Crippen LogP contribution in [-0.4, -0.2) is 25.9 Å². The summed E-state index contributed by atoms with van der Waals surface area (Å²) in [7, 11) is 3.40. The topological polar surface area (TPSA) is 18.5 Å². The molecule has 1 aromatic rings. The number of ether oxygens (including phenoxy) is 2. The molecule has 1 atom stereocenters. The van der Waals surface area contributed by atoms with Gasteiger partial charge in [-0.05, 0) is 55.2 Å². The van der Waals surface area contributed by atoms with Gasteiger partial charge in [-0.1, -0.05) is 6.42 Å². The summed E-state index contributed by atoms with van der Waals surface area (Å²) in [5.74, 6) is 3.58. The minimum Gasteiger partial charge on any atom is -0.493 e. The summed E-state index contributed by atoms with van der Waals surface area (Å²) in [6.07, 6.45) is 4.51. The Labute approximate surface area is 131 Å². The lowest BCUT2D eigenvalue weighted by Crippen LogP contribution is -2.25. The van der Waals surface area contributed by atoms with Crippen LogP contribution < -0.4 is 9.47 Å². The zero-order valence-corrected chi connectivity index (χ0v) is 14.1. The molecule has 0 radical (unpaired) electrons. The van der Waals surface area contributed by atoms with Crippen molar-refractivity contribution in [2.75, 3.05) is 25.9 Å². The number of methoxy groups -OCH3 is 2. The van der Waals surface area contributed by atoms with Gasteiger partial charge in [0.05, 0.1) is 14.2 Å². The Morgan fingerprint density at radius 2 is 1.90 bits per heavy atom. The minimum absolute atomic E-state index is 0.166. The van der Waals surface area contributed by atoms with Crippen molar-refractivity contribution in [2.24, 2.45) is 0 Å². The summed E-state index contributed by atoms with van der Waals surface area (Å²) in [6.45, 7) is 2.34. The van der Waals surface area contributed by atoms with Crippen molar-refractivity contribution < 1.29 is 9.47 Å². The molecule has 2 nitrogen and oxygen atoms in total. The van der Waals surface area contributed by atoms with Crippen molar-refractivity contribution in [1.29, 1.82) is 0 Å². The molecule has 0 aromatic heterocycles. The quantitative estimate of drug-likeness (QED) is 0.564. The van der Waals surface area contributed by atoms with Crippen molar-refractivity contribution >= 4 is 23.4 Å². The van der Waals surface area contributed by atoms with Crippen LogP contribution in [0, 0.1) is 0 Å². The first-order chi connectivity index (χ1) is 9.64. The molecule has 1 heterocycles. The molecule has 0 saturated heterocycles. The first-order valence-electron chi connectivity index (χ1n) is 7.10. The molecule has 0 spiro atoms. The number of halogens is 1. The Morgan fingerprint density at radius 3 is 2.55 bits per heavy atom. The van der Waals surface area contributed by atoms with Crippen LogP contribution in [0.4, 0.5) is 0 Å². The molecule has 0 aliphatic carbocycles. The minimum atomic E-state index is 0.166. The number of unbranched alkanes of at least 4 members (excludes halogenated alkanes) is 1. The van der Waals surface area contributed by atoms with Crippen molar-refractivity contribution in [3.63, 3.8) is 0 Å². The maximum atomic E-state index is 5.81. The second kappa shape index (κ2) is 6.95. The third-order valence-electron chi connectivity index (χ3n) is 4.01. The van der Waals surface area contributed by atoms with E-state index in [0.717, 1.165) is 36.6 Å². The zero-order valence-electron chi connectivity index (χ0n) is 12.5. The highest BCUT2D eigenvalue weighted by Crippen LogP contribution is 2.48. The summed E-state index contributed by atoms with van der Waals surface area (Å²) < 4.78 is 11.1. The Hall–Kier alpha value is -0.540. The Balaban J connectivity index is 2.33. The summed E-state index contributed by atoms with van der Waals surface area (Å²) in [6, 6.07) is 4.31. The lowest BCUT2D eigenvalue weighted by atomic mass is 9.88. The van der Waals surface area contributed by atoms with Crippen LogP contribution in [0.5, 0.6) is 11.5 Å². The third-order valence-corrected chi connectivity index (χ3v) is 5.75. The van der Waals surface area contributed by atoms with Crippen LogP contribution in [0.25, 0.3) is 0 Å². The van der Waals surface area contributed by atoms with E-state index in [0.29, 0.717) is 0 Å². The van der Waals surface area contributed by atoms with Gasteiger partial charge in [-0.2, -0.15) is 11.8 Å². The van der Waals surface area contributed by atoms with E-state index in [9.17, 15) is 0 Å². The molecule has 4 heteroatoms. The molecule has 1 unspecified atom stereocenters.